The minimum Gasteiger partial charge on any atom is -0.378 e. The van der Waals surface area contributed by atoms with E-state index in [2.05, 4.69) is 19.8 Å². The minimum absolute atomic E-state index is 0.425. The van der Waals surface area contributed by atoms with E-state index in [9.17, 15) is 0 Å². The summed E-state index contributed by atoms with van der Waals surface area (Å²) in [6.45, 7) is 3.22. The summed E-state index contributed by atoms with van der Waals surface area (Å²) in [4.78, 5) is 0. The van der Waals surface area contributed by atoms with Crippen molar-refractivity contribution >= 4 is 0 Å². The first kappa shape index (κ1) is 13.0. The highest BCUT2D eigenvalue weighted by Crippen LogP contribution is 2.18. The fourth-order valence-corrected chi connectivity index (χ4v) is 2.03. The van der Waals surface area contributed by atoms with Crippen LogP contribution >= 0.6 is 0 Å². The molecule has 0 bridgehead atoms. The first-order chi connectivity index (χ1) is 7.43. The van der Waals surface area contributed by atoms with E-state index < -0.39 is 0 Å². The molecule has 0 heterocycles. The molecule has 0 aromatic rings. The van der Waals surface area contributed by atoms with Crippen molar-refractivity contribution in [1.82, 2.24) is 0 Å². The Morgan fingerprint density at radius 3 is 2.60 bits per heavy atom. The first-order valence-electron chi connectivity index (χ1n) is 6.70. The van der Waals surface area contributed by atoms with Crippen LogP contribution in [0.5, 0.6) is 0 Å². The van der Waals surface area contributed by atoms with Crippen LogP contribution in [0.4, 0.5) is 0 Å². The van der Waals surface area contributed by atoms with Crippen LogP contribution in [0.3, 0.4) is 0 Å². The summed E-state index contributed by atoms with van der Waals surface area (Å²) in [6, 6.07) is 0. The van der Waals surface area contributed by atoms with E-state index in [1.165, 1.54) is 51.4 Å². The molecule has 88 valence electrons. The van der Waals surface area contributed by atoms with Crippen molar-refractivity contribution in [3.8, 4) is 0 Å². The molecule has 2 radical (unpaired) electrons. The van der Waals surface area contributed by atoms with E-state index in [-0.39, 0.29) is 0 Å². The highest BCUT2D eigenvalue weighted by Gasteiger charge is 2.13. The third kappa shape index (κ3) is 6.94. The van der Waals surface area contributed by atoms with E-state index in [0.29, 0.717) is 6.10 Å². The van der Waals surface area contributed by atoms with E-state index in [1.54, 1.807) is 0 Å². The SMILES string of the molecule is CCCCCCCCOC1[CH]CC[CH]C1. The largest absolute Gasteiger partial charge is 0.378 e. The van der Waals surface area contributed by atoms with E-state index in [4.69, 9.17) is 4.74 Å². The molecule has 15 heavy (non-hydrogen) atoms. The smallest absolute Gasteiger partial charge is 0.0609 e. The van der Waals surface area contributed by atoms with Crippen LogP contribution < -0.4 is 0 Å². The first-order valence-corrected chi connectivity index (χ1v) is 6.70. The number of ether oxygens (including phenoxy) is 1. The quantitative estimate of drug-likeness (QED) is 0.542. The molecule has 1 rings (SSSR count). The Morgan fingerprint density at radius 1 is 1.07 bits per heavy atom. The maximum atomic E-state index is 5.80. The topological polar surface area (TPSA) is 9.23 Å². The fraction of sp³-hybridized carbons (Fsp3) is 0.857. The Labute approximate surface area is 95.6 Å². The van der Waals surface area contributed by atoms with Gasteiger partial charge in [0.15, 0.2) is 0 Å². The number of rotatable bonds is 8. The summed E-state index contributed by atoms with van der Waals surface area (Å²) < 4.78 is 5.80. The van der Waals surface area contributed by atoms with Gasteiger partial charge >= 0.3 is 0 Å². The highest BCUT2D eigenvalue weighted by atomic mass is 16.5. The van der Waals surface area contributed by atoms with Gasteiger partial charge in [0.2, 0.25) is 0 Å². The number of hydrogen-bond donors (Lipinski definition) is 0. The molecule has 1 aliphatic carbocycles. The Morgan fingerprint density at radius 2 is 1.87 bits per heavy atom. The monoisotopic (exact) mass is 210 g/mol. The molecule has 0 aromatic carbocycles. The van der Waals surface area contributed by atoms with Crippen molar-refractivity contribution in [2.75, 3.05) is 6.61 Å². The fourth-order valence-electron chi connectivity index (χ4n) is 2.03. The van der Waals surface area contributed by atoms with Crippen molar-refractivity contribution < 1.29 is 4.74 Å². The molecule has 1 heteroatoms. The van der Waals surface area contributed by atoms with Crippen LogP contribution in [-0.4, -0.2) is 12.7 Å². The summed E-state index contributed by atoms with van der Waals surface area (Å²) >= 11 is 0. The predicted molar refractivity (Wildman–Crippen MR) is 65.6 cm³/mol. The van der Waals surface area contributed by atoms with Crippen LogP contribution in [0.25, 0.3) is 0 Å². The van der Waals surface area contributed by atoms with Gasteiger partial charge in [0.25, 0.3) is 0 Å². The standard InChI is InChI=1S/C14H26O/c1-2-3-4-5-6-10-13-15-14-11-8-7-9-12-14/h8,12,14H,2-7,9-11,13H2,1H3. The van der Waals surface area contributed by atoms with Crippen LogP contribution in [0.2, 0.25) is 0 Å². The Bertz CT molecular complexity index is 127. The van der Waals surface area contributed by atoms with Crippen LogP contribution in [0, 0.1) is 12.8 Å². The van der Waals surface area contributed by atoms with Gasteiger partial charge in [-0.15, -0.1) is 0 Å². The molecule has 0 amide bonds. The van der Waals surface area contributed by atoms with Crippen molar-refractivity contribution in [3.05, 3.63) is 12.8 Å². The zero-order chi connectivity index (χ0) is 10.8. The lowest BCUT2D eigenvalue weighted by Crippen LogP contribution is -2.18. The van der Waals surface area contributed by atoms with Gasteiger partial charge in [-0.2, -0.15) is 0 Å². The third-order valence-corrected chi connectivity index (χ3v) is 3.03. The molecule has 0 aliphatic heterocycles. The summed E-state index contributed by atoms with van der Waals surface area (Å²) in [5.74, 6) is 0. The molecular formula is C14H26O. The molecule has 1 unspecified atom stereocenters. The Balaban J connectivity index is 1.79. The van der Waals surface area contributed by atoms with Gasteiger partial charge in [-0.1, -0.05) is 39.0 Å². The van der Waals surface area contributed by atoms with Crippen LogP contribution in [0.1, 0.15) is 64.7 Å². The zero-order valence-electron chi connectivity index (χ0n) is 10.2. The molecule has 1 saturated carbocycles. The molecule has 1 atom stereocenters. The summed E-state index contributed by atoms with van der Waals surface area (Å²) in [5, 5.41) is 0. The van der Waals surface area contributed by atoms with Gasteiger partial charge in [0.1, 0.15) is 0 Å². The lowest BCUT2D eigenvalue weighted by atomic mass is 9.98. The molecular weight excluding hydrogens is 184 g/mol. The summed E-state index contributed by atoms with van der Waals surface area (Å²) in [6.07, 6.45) is 16.8. The average molecular weight is 210 g/mol. The van der Waals surface area contributed by atoms with Crippen LogP contribution in [0.15, 0.2) is 0 Å². The van der Waals surface area contributed by atoms with Gasteiger partial charge in [-0.05, 0) is 38.5 Å². The van der Waals surface area contributed by atoms with E-state index in [1.807, 2.05) is 0 Å². The number of unbranched alkanes of at least 4 members (excludes halogenated alkanes) is 5. The van der Waals surface area contributed by atoms with Gasteiger partial charge < -0.3 is 4.74 Å². The average Bonchev–Trinajstić information content (AvgIpc) is 2.29. The molecule has 0 N–H and O–H groups in total. The van der Waals surface area contributed by atoms with Crippen molar-refractivity contribution in [2.24, 2.45) is 0 Å². The second-order valence-corrected chi connectivity index (χ2v) is 4.51. The number of hydrogen-bond acceptors (Lipinski definition) is 1. The highest BCUT2D eigenvalue weighted by molar-refractivity contribution is 4.89. The molecule has 0 saturated heterocycles. The van der Waals surface area contributed by atoms with Crippen LogP contribution in [-0.2, 0) is 4.74 Å². The lowest BCUT2D eigenvalue weighted by Gasteiger charge is -2.21. The molecule has 0 aromatic heterocycles. The van der Waals surface area contributed by atoms with Gasteiger partial charge in [0.05, 0.1) is 6.10 Å². The molecule has 1 aliphatic rings. The third-order valence-electron chi connectivity index (χ3n) is 3.03. The maximum Gasteiger partial charge on any atom is 0.0609 e. The van der Waals surface area contributed by atoms with Crippen molar-refractivity contribution in [2.45, 2.75) is 70.8 Å². The zero-order valence-corrected chi connectivity index (χ0v) is 10.2. The lowest BCUT2D eigenvalue weighted by molar-refractivity contribution is 0.0638. The van der Waals surface area contributed by atoms with E-state index in [0.717, 1.165) is 13.0 Å². The van der Waals surface area contributed by atoms with E-state index >= 15 is 0 Å². The normalized spacial score (nSPS) is 18.2. The Hall–Kier alpha value is -0.0400. The van der Waals surface area contributed by atoms with Crippen molar-refractivity contribution in [1.29, 1.82) is 0 Å². The van der Waals surface area contributed by atoms with Crippen molar-refractivity contribution in [3.63, 3.8) is 0 Å². The summed E-state index contributed by atoms with van der Waals surface area (Å²) in [5.41, 5.74) is 0. The second-order valence-electron chi connectivity index (χ2n) is 4.51. The van der Waals surface area contributed by atoms with Gasteiger partial charge in [0, 0.05) is 6.61 Å². The Kier molecular flexibility index (Phi) is 7.99. The second kappa shape index (κ2) is 9.21. The summed E-state index contributed by atoms with van der Waals surface area (Å²) in [7, 11) is 0. The molecule has 1 fully saturated rings. The van der Waals surface area contributed by atoms with Gasteiger partial charge in [-0.3, -0.25) is 0 Å². The maximum absolute atomic E-state index is 5.80. The van der Waals surface area contributed by atoms with Gasteiger partial charge in [-0.25, -0.2) is 0 Å². The minimum atomic E-state index is 0.425. The molecule has 0 spiro atoms. The molecule has 1 nitrogen and oxygen atoms in total. The predicted octanol–water partition coefficient (Wildman–Crippen LogP) is 4.32.